The second-order valence-electron chi connectivity index (χ2n) is 3.54. The SMILES string of the molecule is CC(C)(C)C[C@H](F)CO. The Labute approximate surface area is 55.9 Å². The molecule has 1 nitrogen and oxygen atoms in total. The fourth-order valence-corrected chi connectivity index (χ4v) is 0.729. The lowest BCUT2D eigenvalue weighted by Crippen LogP contribution is -2.16. The predicted octanol–water partition coefficient (Wildman–Crippen LogP) is 1.75. The summed E-state index contributed by atoms with van der Waals surface area (Å²) in [7, 11) is 0. The van der Waals surface area contributed by atoms with E-state index in [-0.39, 0.29) is 12.0 Å². The average molecular weight is 134 g/mol. The van der Waals surface area contributed by atoms with E-state index in [0.29, 0.717) is 6.42 Å². The Morgan fingerprint density at radius 1 is 1.44 bits per heavy atom. The van der Waals surface area contributed by atoms with Crippen molar-refractivity contribution in [3.8, 4) is 0 Å². The number of rotatable bonds is 2. The summed E-state index contributed by atoms with van der Waals surface area (Å²) >= 11 is 0. The highest BCUT2D eigenvalue weighted by atomic mass is 19.1. The van der Waals surface area contributed by atoms with Crippen LogP contribution < -0.4 is 0 Å². The molecule has 0 aromatic heterocycles. The van der Waals surface area contributed by atoms with Crippen LogP contribution in [0.4, 0.5) is 4.39 Å². The van der Waals surface area contributed by atoms with Gasteiger partial charge in [-0.2, -0.15) is 0 Å². The van der Waals surface area contributed by atoms with Gasteiger partial charge < -0.3 is 5.11 Å². The van der Waals surface area contributed by atoms with E-state index in [9.17, 15) is 4.39 Å². The minimum atomic E-state index is -1.05. The molecule has 0 bridgehead atoms. The molecule has 0 unspecified atom stereocenters. The van der Waals surface area contributed by atoms with Gasteiger partial charge >= 0.3 is 0 Å². The lowest BCUT2D eigenvalue weighted by Gasteiger charge is -2.19. The molecule has 0 rings (SSSR count). The predicted molar refractivity (Wildman–Crippen MR) is 36.1 cm³/mol. The van der Waals surface area contributed by atoms with Crippen LogP contribution in [0.15, 0.2) is 0 Å². The van der Waals surface area contributed by atoms with E-state index in [1.165, 1.54) is 0 Å². The van der Waals surface area contributed by atoms with Gasteiger partial charge in [0.05, 0.1) is 6.61 Å². The van der Waals surface area contributed by atoms with Crippen LogP contribution in [0, 0.1) is 5.41 Å². The van der Waals surface area contributed by atoms with Crippen molar-refractivity contribution in [2.45, 2.75) is 33.4 Å². The molecule has 0 aromatic carbocycles. The van der Waals surface area contributed by atoms with Crippen molar-refractivity contribution in [1.82, 2.24) is 0 Å². The van der Waals surface area contributed by atoms with Gasteiger partial charge in [-0.15, -0.1) is 0 Å². The van der Waals surface area contributed by atoms with Crippen molar-refractivity contribution in [3.63, 3.8) is 0 Å². The smallest absolute Gasteiger partial charge is 0.124 e. The van der Waals surface area contributed by atoms with E-state index in [1.54, 1.807) is 0 Å². The minimum Gasteiger partial charge on any atom is -0.393 e. The van der Waals surface area contributed by atoms with Gasteiger partial charge in [0, 0.05) is 0 Å². The largest absolute Gasteiger partial charge is 0.393 e. The Balaban J connectivity index is 3.47. The van der Waals surface area contributed by atoms with Crippen molar-refractivity contribution in [1.29, 1.82) is 0 Å². The van der Waals surface area contributed by atoms with E-state index >= 15 is 0 Å². The van der Waals surface area contributed by atoms with Gasteiger partial charge in [-0.25, -0.2) is 4.39 Å². The first-order valence-corrected chi connectivity index (χ1v) is 3.20. The van der Waals surface area contributed by atoms with Crippen LogP contribution in [0.2, 0.25) is 0 Å². The van der Waals surface area contributed by atoms with E-state index in [4.69, 9.17) is 5.11 Å². The Bertz CT molecular complexity index is 75.5. The van der Waals surface area contributed by atoms with Crippen molar-refractivity contribution in [3.05, 3.63) is 0 Å². The third-order valence-corrected chi connectivity index (χ3v) is 1.03. The number of hydrogen-bond acceptors (Lipinski definition) is 1. The highest BCUT2D eigenvalue weighted by Crippen LogP contribution is 2.21. The quantitative estimate of drug-likeness (QED) is 0.610. The molecule has 0 aliphatic carbocycles. The van der Waals surface area contributed by atoms with Crippen molar-refractivity contribution >= 4 is 0 Å². The number of halogens is 1. The second kappa shape index (κ2) is 3.16. The molecule has 9 heavy (non-hydrogen) atoms. The van der Waals surface area contributed by atoms with E-state index in [2.05, 4.69) is 0 Å². The molecule has 0 saturated carbocycles. The summed E-state index contributed by atoms with van der Waals surface area (Å²) in [6.45, 7) is 5.51. The molecule has 0 heterocycles. The van der Waals surface area contributed by atoms with Crippen molar-refractivity contribution in [2.75, 3.05) is 6.61 Å². The summed E-state index contributed by atoms with van der Waals surface area (Å²) in [6, 6.07) is 0. The van der Waals surface area contributed by atoms with Crippen LogP contribution in [0.3, 0.4) is 0 Å². The molecular formula is C7H15FO. The maximum absolute atomic E-state index is 12.4. The standard InChI is InChI=1S/C7H15FO/c1-7(2,3)4-6(8)5-9/h6,9H,4-5H2,1-3H3/t6-/m0/s1. The topological polar surface area (TPSA) is 20.2 Å². The first-order valence-electron chi connectivity index (χ1n) is 3.20. The summed E-state index contributed by atoms with van der Waals surface area (Å²) in [5, 5.41) is 8.32. The molecule has 0 aliphatic rings. The fourth-order valence-electron chi connectivity index (χ4n) is 0.729. The zero-order valence-corrected chi connectivity index (χ0v) is 6.32. The van der Waals surface area contributed by atoms with Crippen molar-refractivity contribution < 1.29 is 9.50 Å². The summed E-state index contributed by atoms with van der Waals surface area (Å²) < 4.78 is 12.4. The molecule has 0 amide bonds. The summed E-state index contributed by atoms with van der Waals surface area (Å²) in [6.07, 6.45) is -0.617. The Morgan fingerprint density at radius 3 is 2.00 bits per heavy atom. The van der Waals surface area contributed by atoms with Crippen LogP contribution in [0.1, 0.15) is 27.2 Å². The molecule has 0 fully saturated rings. The molecule has 0 aliphatic heterocycles. The van der Waals surface area contributed by atoms with Gasteiger partial charge in [-0.1, -0.05) is 20.8 Å². The van der Waals surface area contributed by atoms with Gasteiger partial charge in [0.1, 0.15) is 6.17 Å². The minimum absolute atomic E-state index is 0.0118. The van der Waals surface area contributed by atoms with E-state index in [1.807, 2.05) is 20.8 Å². The average Bonchev–Trinajstić information content (AvgIpc) is 1.62. The second-order valence-corrected chi connectivity index (χ2v) is 3.54. The zero-order valence-electron chi connectivity index (χ0n) is 6.32. The van der Waals surface area contributed by atoms with Gasteiger partial charge in [0.15, 0.2) is 0 Å². The highest BCUT2D eigenvalue weighted by molar-refractivity contribution is 4.66. The highest BCUT2D eigenvalue weighted by Gasteiger charge is 2.16. The van der Waals surface area contributed by atoms with Crippen molar-refractivity contribution in [2.24, 2.45) is 5.41 Å². The van der Waals surface area contributed by atoms with Crippen LogP contribution in [0.5, 0.6) is 0 Å². The molecule has 0 spiro atoms. The molecular weight excluding hydrogens is 119 g/mol. The van der Waals surface area contributed by atoms with Gasteiger partial charge in [-0.3, -0.25) is 0 Å². The number of hydrogen-bond donors (Lipinski definition) is 1. The molecule has 0 saturated heterocycles. The molecule has 1 N–H and O–H groups in total. The van der Waals surface area contributed by atoms with Gasteiger partial charge in [0.25, 0.3) is 0 Å². The number of aliphatic hydroxyl groups is 1. The summed E-state index contributed by atoms with van der Waals surface area (Å²) in [4.78, 5) is 0. The number of aliphatic hydroxyl groups excluding tert-OH is 1. The maximum atomic E-state index is 12.4. The van der Waals surface area contributed by atoms with Crippen LogP contribution in [-0.2, 0) is 0 Å². The molecule has 0 radical (unpaired) electrons. The normalized spacial score (nSPS) is 15.7. The Hall–Kier alpha value is -0.110. The number of alkyl halides is 1. The lowest BCUT2D eigenvalue weighted by molar-refractivity contribution is 0.135. The van der Waals surface area contributed by atoms with Crippen LogP contribution in [0.25, 0.3) is 0 Å². The lowest BCUT2D eigenvalue weighted by atomic mass is 9.90. The van der Waals surface area contributed by atoms with E-state index in [0.717, 1.165) is 0 Å². The van der Waals surface area contributed by atoms with Gasteiger partial charge in [-0.05, 0) is 11.8 Å². The molecule has 1 atom stereocenters. The third-order valence-electron chi connectivity index (χ3n) is 1.03. The van der Waals surface area contributed by atoms with E-state index < -0.39 is 6.17 Å². The van der Waals surface area contributed by atoms with Gasteiger partial charge in [0.2, 0.25) is 0 Å². The Kier molecular flexibility index (Phi) is 3.12. The summed E-state index contributed by atoms with van der Waals surface area (Å²) in [5.41, 5.74) is -0.0118. The monoisotopic (exact) mass is 134 g/mol. The summed E-state index contributed by atoms with van der Waals surface area (Å²) in [5.74, 6) is 0. The van der Waals surface area contributed by atoms with Crippen LogP contribution >= 0.6 is 0 Å². The molecule has 2 heteroatoms. The third kappa shape index (κ3) is 5.77. The zero-order chi connectivity index (χ0) is 7.49. The molecule has 0 aromatic rings. The molecule has 56 valence electrons. The first kappa shape index (κ1) is 8.89. The Morgan fingerprint density at radius 2 is 1.89 bits per heavy atom. The fraction of sp³-hybridized carbons (Fsp3) is 1.00. The first-order chi connectivity index (χ1) is 3.95. The maximum Gasteiger partial charge on any atom is 0.124 e. The van der Waals surface area contributed by atoms with Crippen LogP contribution in [-0.4, -0.2) is 17.9 Å².